The number of hydrogen-bond acceptors (Lipinski definition) is 10. The van der Waals surface area contributed by atoms with Gasteiger partial charge in [0.05, 0.1) is 6.10 Å². The summed E-state index contributed by atoms with van der Waals surface area (Å²) in [4.78, 5) is 10.5. The molecule has 0 saturated carbocycles. The molecule has 1 heterocycles. The molecule has 1 atom stereocenters. The zero-order chi connectivity index (χ0) is 19.2. The molecule has 13 heteroatoms. The van der Waals surface area contributed by atoms with E-state index in [-0.39, 0.29) is 33.4 Å². The number of aliphatic hydroxyl groups excluding tert-OH is 1. The highest BCUT2D eigenvalue weighted by atomic mass is 32.2. The molecule has 8 N–H and O–H groups in total. The second-order valence-electron chi connectivity index (χ2n) is 4.60. The van der Waals surface area contributed by atoms with Gasteiger partial charge in [0.1, 0.15) is 0 Å². The fraction of sp³-hybridized carbons (Fsp3) is 0.250. The van der Waals surface area contributed by atoms with Gasteiger partial charge in [0.25, 0.3) is 10.0 Å². The Kier molecular flexibility index (Phi) is 7.20. The first-order valence-electron chi connectivity index (χ1n) is 6.58. The molecule has 0 aliphatic rings. The van der Waals surface area contributed by atoms with Crippen molar-refractivity contribution < 1.29 is 28.5 Å². The van der Waals surface area contributed by atoms with Crippen LogP contribution in [0.15, 0.2) is 22.5 Å². The smallest absolute Gasteiger partial charge is 0.267 e. The second kappa shape index (κ2) is 8.68. The number of carbonyl (C=O) groups is 1. The van der Waals surface area contributed by atoms with Crippen molar-refractivity contribution in [3.8, 4) is 11.5 Å². The summed E-state index contributed by atoms with van der Waals surface area (Å²) in [5.41, 5.74) is 5.69. The van der Waals surface area contributed by atoms with Crippen LogP contribution >= 0.6 is 11.3 Å². The highest BCUT2D eigenvalue weighted by Gasteiger charge is 2.15. The molecule has 2 aromatic rings. The van der Waals surface area contributed by atoms with Gasteiger partial charge in [-0.25, -0.2) is 13.6 Å². The van der Waals surface area contributed by atoms with Crippen LogP contribution in [0.3, 0.4) is 0 Å². The number of carbonyl (C=O) groups excluding carboxylic acids is 1. The van der Waals surface area contributed by atoms with Crippen molar-refractivity contribution in [3.05, 3.63) is 23.8 Å². The molecule has 0 spiro atoms. The van der Waals surface area contributed by atoms with Gasteiger partial charge in [0.15, 0.2) is 11.5 Å². The Labute approximate surface area is 147 Å². The van der Waals surface area contributed by atoms with Gasteiger partial charge in [-0.3, -0.25) is 4.79 Å². The fourth-order valence-corrected chi connectivity index (χ4v) is 2.79. The lowest BCUT2D eigenvalue weighted by Crippen LogP contribution is -2.11. The first-order chi connectivity index (χ1) is 11.5. The van der Waals surface area contributed by atoms with Crippen LogP contribution < -0.4 is 16.2 Å². The molecule has 138 valence electrons. The van der Waals surface area contributed by atoms with Gasteiger partial charge in [0.2, 0.25) is 15.4 Å². The van der Waals surface area contributed by atoms with E-state index in [0.29, 0.717) is 16.9 Å². The molecule has 0 aliphatic carbocycles. The van der Waals surface area contributed by atoms with Gasteiger partial charge < -0.3 is 26.4 Å². The van der Waals surface area contributed by atoms with Crippen molar-refractivity contribution in [1.82, 2.24) is 10.2 Å². The highest BCUT2D eigenvalue weighted by molar-refractivity contribution is 7.91. The predicted octanol–water partition coefficient (Wildman–Crippen LogP) is -0.766. The number of nitrogens with two attached hydrogens (primary N) is 2. The Morgan fingerprint density at radius 3 is 2.40 bits per heavy atom. The van der Waals surface area contributed by atoms with Crippen LogP contribution in [0.1, 0.15) is 18.6 Å². The van der Waals surface area contributed by atoms with Gasteiger partial charge >= 0.3 is 0 Å². The van der Waals surface area contributed by atoms with E-state index in [9.17, 15) is 18.3 Å². The number of aromatic nitrogens is 2. The van der Waals surface area contributed by atoms with Crippen molar-refractivity contribution in [1.29, 1.82) is 0 Å². The Bertz CT molecular complexity index is 838. The van der Waals surface area contributed by atoms with Crippen LogP contribution in [0.4, 0.5) is 5.13 Å². The van der Waals surface area contributed by atoms with Crippen LogP contribution in [-0.4, -0.2) is 46.4 Å². The molecule has 1 aromatic carbocycles. The average molecular weight is 391 g/mol. The number of aromatic hydroxyl groups is 2. The monoisotopic (exact) mass is 391 g/mol. The van der Waals surface area contributed by atoms with Crippen LogP contribution in [0, 0.1) is 0 Å². The molecule has 0 saturated heterocycles. The molecule has 0 aliphatic heterocycles. The van der Waals surface area contributed by atoms with Gasteiger partial charge in [-0.05, 0) is 17.7 Å². The number of phenols is 2. The number of nitrogens with one attached hydrogen (secondary N) is 1. The average Bonchev–Trinajstić information content (AvgIpc) is 2.98. The molecule has 11 nitrogen and oxygen atoms in total. The lowest BCUT2D eigenvalue weighted by molar-refractivity contribution is -0.114. The van der Waals surface area contributed by atoms with Crippen molar-refractivity contribution in [2.75, 3.05) is 11.9 Å². The summed E-state index contributed by atoms with van der Waals surface area (Å²) in [5, 5.41) is 41.0. The maximum Gasteiger partial charge on any atom is 0.267 e. The lowest BCUT2D eigenvalue weighted by atomic mass is 10.1. The van der Waals surface area contributed by atoms with Crippen molar-refractivity contribution in [2.24, 2.45) is 10.9 Å². The van der Waals surface area contributed by atoms with E-state index in [0.717, 1.165) is 0 Å². The summed E-state index contributed by atoms with van der Waals surface area (Å²) in [6.45, 7) is 1.36. The number of anilines is 1. The van der Waals surface area contributed by atoms with Crippen molar-refractivity contribution in [2.45, 2.75) is 17.4 Å². The maximum atomic E-state index is 10.7. The van der Waals surface area contributed by atoms with E-state index >= 15 is 0 Å². The van der Waals surface area contributed by atoms with Crippen molar-refractivity contribution >= 4 is 32.4 Å². The van der Waals surface area contributed by atoms with E-state index in [1.807, 2.05) is 0 Å². The van der Waals surface area contributed by atoms with Gasteiger partial charge in [-0.15, -0.1) is 10.2 Å². The standard InChI is InChI=1S/C8H11NO3.C4H6N4O3S2/c9-4-8(12)5-1-2-6(10)7(11)3-5;1-2(9)6-3-7-8-4(12-3)13(5,10)11/h1-3,8,10-12H,4,9H2;1H3,(H2,5,10,11)(H,6,7,9)/t8-;/m0./s1. The quantitative estimate of drug-likeness (QED) is 0.286. The fourth-order valence-electron chi connectivity index (χ4n) is 1.41. The largest absolute Gasteiger partial charge is 0.504 e. The van der Waals surface area contributed by atoms with Crippen molar-refractivity contribution in [3.63, 3.8) is 0 Å². The number of aliphatic hydroxyl groups is 1. The summed E-state index contributed by atoms with van der Waals surface area (Å²) >= 11 is 0.701. The zero-order valence-electron chi connectivity index (χ0n) is 12.9. The Balaban J connectivity index is 0.000000251. The van der Waals surface area contributed by atoms with Gasteiger partial charge in [0, 0.05) is 13.5 Å². The molecular formula is C12H17N5O6S2. The minimum absolute atomic E-state index is 0.0875. The highest BCUT2D eigenvalue weighted by Crippen LogP contribution is 2.27. The number of sulfonamides is 1. The predicted molar refractivity (Wildman–Crippen MR) is 89.4 cm³/mol. The minimum atomic E-state index is -3.82. The number of amides is 1. The summed E-state index contributed by atoms with van der Waals surface area (Å²) in [6.07, 6.45) is -0.795. The zero-order valence-corrected chi connectivity index (χ0v) is 14.6. The first kappa shape index (κ1) is 20.7. The molecular weight excluding hydrogens is 374 g/mol. The van der Waals surface area contributed by atoms with E-state index in [1.165, 1.54) is 25.1 Å². The van der Waals surface area contributed by atoms with Gasteiger partial charge in [-0.1, -0.05) is 17.4 Å². The Morgan fingerprint density at radius 2 is 1.96 bits per heavy atom. The number of nitrogens with zero attached hydrogens (tertiary/aromatic N) is 2. The third-order valence-electron chi connectivity index (χ3n) is 2.54. The normalized spacial score (nSPS) is 12.0. The Morgan fingerprint density at radius 1 is 1.32 bits per heavy atom. The number of rotatable bonds is 4. The van der Waals surface area contributed by atoms with E-state index in [1.54, 1.807) is 0 Å². The lowest BCUT2D eigenvalue weighted by Gasteiger charge is -2.08. The number of benzene rings is 1. The molecule has 0 radical (unpaired) electrons. The summed E-state index contributed by atoms with van der Waals surface area (Å²) in [7, 11) is -3.82. The SMILES string of the molecule is CC(=O)Nc1nnc(S(N)(=O)=O)s1.NC[C@H](O)c1ccc(O)c(O)c1. The molecule has 0 bridgehead atoms. The summed E-state index contributed by atoms with van der Waals surface area (Å²) < 4.78 is 21.1. The first-order valence-corrected chi connectivity index (χ1v) is 8.94. The van der Waals surface area contributed by atoms with E-state index in [2.05, 4.69) is 15.5 Å². The minimum Gasteiger partial charge on any atom is -0.504 e. The Hall–Kier alpha value is -2.32. The second-order valence-corrected chi connectivity index (χ2v) is 7.31. The number of phenolic OH excluding ortho intramolecular Hbond substituents is 2. The third-order valence-corrected chi connectivity index (χ3v) is 4.69. The van der Waals surface area contributed by atoms with Crippen LogP contribution in [0.25, 0.3) is 0 Å². The molecule has 1 amide bonds. The summed E-state index contributed by atoms with van der Waals surface area (Å²) in [5.74, 6) is -0.805. The van der Waals surface area contributed by atoms with Crippen LogP contribution in [0.2, 0.25) is 0 Å². The number of primary sulfonamides is 1. The molecule has 25 heavy (non-hydrogen) atoms. The molecule has 2 rings (SSSR count). The molecule has 0 unspecified atom stereocenters. The van der Waals surface area contributed by atoms with Crippen LogP contribution in [-0.2, 0) is 14.8 Å². The third kappa shape index (κ3) is 6.60. The summed E-state index contributed by atoms with van der Waals surface area (Å²) in [6, 6.07) is 4.10. The van der Waals surface area contributed by atoms with Gasteiger partial charge in [-0.2, -0.15) is 0 Å². The van der Waals surface area contributed by atoms with Crippen LogP contribution in [0.5, 0.6) is 11.5 Å². The molecule has 1 aromatic heterocycles. The maximum absolute atomic E-state index is 10.7. The number of hydrogen-bond donors (Lipinski definition) is 6. The van der Waals surface area contributed by atoms with E-state index in [4.69, 9.17) is 21.1 Å². The van der Waals surface area contributed by atoms with E-state index < -0.39 is 16.1 Å². The topological polar surface area (TPSA) is 202 Å². The molecule has 0 fully saturated rings.